The third-order valence-electron chi connectivity index (χ3n) is 6.79. The highest BCUT2D eigenvalue weighted by Crippen LogP contribution is 2.35. The van der Waals surface area contributed by atoms with Crippen molar-refractivity contribution in [3.8, 4) is 6.07 Å². The number of nitrogens with zero attached hydrogens (tertiary/aromatic N) is 2. The van der Waals surface area contributed by atoms with Crippen molar-refractivity contribution in [3.63, 3.8) is 0 Å². The number of anilines is 1. The summed E-state index contributed by atoms with van der Waals surface area (Å²) in [5.74, 6) is -0.997. The number of nitrogens with one attached hydrogen (secondary N) is 1. The molecule has 5 nitrogen and oxygen atoms in total. The number of carbonyl (C=O) groups is 2. The molecule has 2 fully saturated rings. The van der Waals surface area contributed by atoms with Crippen molar-refractivity contribution in [3.05, 3.63) is 63.1 Å². The van der Waals surface area contributed by atoms with Crippen LogP contribution in [0.4, 0.5) is 5.69 Å². The maximum absolute atomic E-state index is 13.0. The van der Waals surface area contributed by atoms with E-state index in [-0.39, 0.29) is 30.2 Å². The normalized spacial score (nSPS) is 19.9. The highest BCUT2D eigenvalue weighted by atomic mass is 35.5. The Kier molecular flexibility index (Phi) is 7.26. The lowest BCUT2D eigenvalue weighted by molar-refractivity contribution is -0.130. The van der Waals surface area contributed by atoms with E-state index in [2.05, 4.69) is 11.4 Å². The number of nitriles is 1. The summed E-state index contributed by atoms with van der Waals surface area (Å²) in [6, 6.07) is 13.2. The van der Waals surface area contributed by atoms with Gasteiger partial charge in [-0.2, -0.15) is 5.26 Å². The van der Waals surface area contributed by atoms with Crippen LogP contribution in [0.15, 0.2) is 36.4 Å². The molecule has 2 aromatic carbocycles. The maximum atomic E-state index is 13.0. The minimum atomic E-state index is -0.547. The molecule has 0 radical (unpaired) electrons. The summed E-state index contributed by atoms with van der Waals surface area (Å²) < 4.78 is 0. The first kappa shape index (κ1) is 23.6. The van der Waals surface area contributed by atoms with Gasteiger partial charge in [0, 0.05) is 34.7 Å². The van der Waals surface area contributed by atoms with Gasteiger partial charge in [0.05, 0.1) is 17.9 Å². The molecule has 2 atom stereocenters. The summed E-state index contributed by atoms with van der Waals surface area (Å²) in [5, 5.41) is 13.8. The van der Waals surface area contributed by atoms with E-state index >= 15 is 0 Å². The van der Waals surface area contributed by atoms with Crippen molar-refractivity contribution in [2.75, 3.05) is 11.9 Å². The Morgan fingerprint density at radius 2 is 1.85 bits per heavy atom. The number of hydrogen-bond acceptors (Lipinski definition) is 3. The molecule has 4 rings (SSSR count). The number of benzene rings is 2. The lowest BCUT2D eigenvalue weighted by Crippen LogP contribution is -2.38. The van der Waals surface area contributed by atoms with Gasteiger partial charge in [0.2, 0.25) is 11.8 Å². The summed E-state index contributed by atoms with van der Waals surface area (Å²) in [6.45, 7) is 2.35. The Labute approximate surface area is 204 Å². The molecule has 1 saturated carbocycles. The van der Waals surface area contributed by atoms with Gasteiger partial charge in [0.15, 0.2) is 0 Å². The van der Waals surface area contributed by atoms with Crippen LogP contribution in [-0.4, -0.2) is 29.3 Å². The zero-order chi connectivity index (χ0) is 23.5. The highest BCUT2D eigenvalue weighted by molar-refractivity contribution is 6.32. The minimum Gasteiger partial charge on any atom is -0.339 e. The maximum Gasteiger partial charge on any atom is 0.229 e. The second kappa shape index (κ2) is 10.2. The molecular weight excluding hydrogens is 457 g/mol. The van der Waals surface area contributed by atoms with Crippen molar-refractivity contribution in [2.45, 2.75) is 57.4 Å². The molecular formula is C26H27Cl2N3O2. The average molecular weight is 484 g/mol. The van der Waals surface area contributed by atoms with Gasteiger partial charge in [-0.25, -0.2) is 0 Å². The smallest absolute Gasteiger partial charge is 0.229 e. The number of carbonyl (C=O) groups excluding carboxylic acids is 2. The van der Waals surface area contributed by atoms with Gasteiger partial charge >= 0.3 is 0 Å². The summed E-state index contributed by atoms with van der Waals surface area (Å²) in [7, 11) is 0. The molecule has 172 valence electrons. The fraction of sp³-hybridized carbons (Fsp3) is 0.423. The summed E-state index contributed by atoms with van der Waals surface area (Å²) >= 11 is 12.5. The van der Waals surface area contributed by atoms with E-state index < -0.39 is 5.92 Å². The Morgan fingerprint density at radius 3 is 2.52 bits per heavy atom. The molecule has 1 saturated heterocycles. The highest BCUT2D eigenvalue weighted by Gasteiger charge is 2.38. The van der Waals surface area contributed by atoms with Crippen LogP contribution in [0.3, 0.4) is 0 Å². The van der Waals surface area contributed by atoms with Gasteiger partial charge in [0.1, 0.15) is 0 Å². The number of halogens is 2. The molecule has 0 aromatic heterocycles. The monoisotopic (exact) mass is 483 g/mol. The van der Waals surface area contributed by atoms with Crippen molar-refractivity contribution in [1.29, 1.82) is 5.26 Å². The topological polar surface area (TPSA) is 73.2 Å². The molecule has 2 aromatic rings. The average Bonchev–Trinajstić information content (AvgIpc) is 3.21. The van der Waals surface area contributed by atoms with Crippen LogP contribution < -0.4 is 5.32 Å². The van der Waals surface area contributed by atoms with E-state index in [1.165, 1.54) is 6.42 Å². The molecule has 33 heavy (non-hydrogen) atoms. The predicted molar refractivity (Wildman–Crippen MR) is 130 cm³/mol. The van der Waals surface area contributed by atoms with Crippen LogP contribution in [-0.2, 0) is 9.59 Å². The Bertz CT molecular complexity index is 1090. The molecule has 2 amide bonds. The number of rotatable bonds is 5. The molecule has 2 unspecified atom stereocenters. The quantitative estimate of drug-likeness (QED) is 0.559. The molecule has 7 heteroatoms. The van der Waals surface area contributed by atoms with E-state index in [1.54, 1.807) is 18.2 Å². The largest absolute Gasteiger partial charge is 0.339 e. The molecule has 0 spiro atoms. The van der Waals surface area contributed by atoms with E-state index in [4.69, 9.17) is 23.2 Å². The van der Waals surface area contributed by atoms with Gasteiger partial charge < -0.3 is 10.2 Å². The molecule has 2 aliphatic rings. The van der Waals surface area contributed by atoms with Gasteiger partial charge in [-0.1, -0.05) is 60.7 Å². The van der Waals surface area contributed by atoms with Crippen LogP contribution in [0.25, 0.3) is 0 Å². The van der Waals surface area contributed by atoms with Crippen molar-refractivity contribution >= 4 is 40.7 Å². The molecule has 1 aliphatic heterocycles. The third kappa shape index (κ3) is 5.18. The lowest BCUT2D eigenvalue weighted by Gasteiger charge is -2.31. The van der Waals surface area contributed by atoms with Crippen molar-refractivity contribution in [2.24, 2.45) is 5.92 Å². The lowest BCUT2D eigenvalue weighted by atomic mass is 9.91. The fourth-order valence-corrected chi connectivity index (χ4v) is 5.33. The van der Waals surface area contributed by atoms with Gasteiger partial charge in [-0.15, -0.1) is 0 Å². The molecule has 1 heterocycles. The van der Waals surface area contributed by atoms with E-state index in [9.17, 15) is 14.9 Å². The van der Waals surface area contributed by atoms with Crippen LogP contribution in [0.1, 0.15) is 61.1 Å². The van der Waals surface area contributed by atoms with Crippen molar-refractivity contribution < 1.29 is 9.59 Å². The Balaban J connectivity index is 1.48. The van der Waals surface area contributed by atoms with Gasteiger partial charge in [-0.05, 0) is 54.7 Å². The standard InChI is InChI=1S/C26H27Cl2N3O2/c1-16-11-21(22(14-29)17-7-9-19(27)10-8-17)23(28)13-24(16)30-26(33)18-12-25(32)31(15-18)20-5-3-2-4-6-20/h7-11,13,18,20,22H,2-6,12,15H2,1H3,(H,30,33). The number of amides is 2. The van der Waals surface area contributed by atoms with E-state index in [1.807, 2.05) is 30.0 Å². The number of aryl methyl sites for hydroxylation is 1. The summed E-state index contributed by atoms with van der Waals surface area (Å²) in [5.41, 5.74) is 2.89. The Morgan fingerprint density at radius 1 is 1.15 bits per heavy atom. The van der Waals surface area contributed by atoms with Gasteiger partial charge in [0.25, 0.3) is 0 Å². The van der Waals surface area contributed by atoms with Crippen LogP contribution >= 0.6 is 23.2 Å². The SMILES string of the molecule is Cc1cc(C(C#N)c2ccc(Cl)cc2)c(Cl)cc1NC(=O)C1CC(=O)N(C2CCCCC2)C1. The zero-order valence-corrected chi connectivity index (χ0v) is 20.1. The van der Waals surface area contributed by atoms with E-state index in [0.29, 0.717) is 27.8 Å². The first-order chi connectivity index (χ1) is 15.9. The van der Waals surface area contributed by atoms with Gasteiger partial charge in [-0.3, -0.25) is 9.59 Å². The summed E-state index contributed by atoms with van der Waals surface area (Å²) in [4.78, 5) is 27.5. The molecule has 1 N–H and O–H groups in total. The van der Waals surface area contributed by atoms with Crippen molar-refractivity contribution in [1.82, 2.24) is 4.90 Å². The second-order valence-corrected chi connectivity index (χ2v) is 9.87. The third-order valence-corrected chi connectivity index (χ3v) is 7.37. The van der Waals surface area contributed by atoms with Crippen LogP contribution in [0, 0.1) is 24.2 Å². The first-order valence-corrected chi connectivity index (χ1v) is 12.2. The first-order valence-electron chi connectivity index (χ1n) is 11.4. The predicted octanol–water partition coefficient (Wildman–Crippen LogP) is 6.08. The van der Waals surface area contributed by atoms with Crippen LogP contribution in [0.5, 0.6) is 0 Å². The molecule has 0 bridgehead atoms. The van der Waals surface area contributed by atoms with Crippen LogP contribution in [0.2, 0.25) is 10.0 Å². The Hall–Kier alpha value is -2.55. The number of hydrogen-bond donors (Lipinski definition) is 1. The minimum absolute atomic E-state index is 0.0759. The number of likely N-dealkylation sites (tertiary alicyclic amines) is 1. The van der Waals surface area contributed by atoms with E-state index in [0.717, 1.165) is 36.8 Å². The fourth-order valence-electron chi connectivity index (χ4n) is 4.93. The second-order valence-electron chi connectivity index (χ2n) is 9.03. The summed E-state index contributed by atoms with van der Waals surface area (Å²) in [6.07, 6.45) is 5.83. The zero-order valence-electron chi connectivity index (χ0n) is 18.6. The molecule has 1 aliphatic carbocycles.